The van der Waals surface area contributed by atoms with E-state index in [4.69, 9.17) is 15.1 Å². The van der Waals surface area contributed by atoms with E-state index in [1.807, 2.05) is 44.2 Å². The lowest BCUT2D eigenvalue weighted by Crippen LogP contribution is -2.19. The van der Waals surface area contributed by atoms with E-state index in [-0.39, 0.29) is 18.2 Å². The van der Waals surface area contributed by atoms with Crippen LogP contribution in [0, 0.1) is 5.82 Å². The van der Waals surface area contributed by atoms with Crippen LogP contribution in [0.3, 0.4) is 0 Å². The maximum atomic E-state index is 13.6. The van der Waals surface area contributed by atoms with Gasteiger partial charge in [0.2, 0.25) is 0 Å². The van der Waals surface area contributed by atoms with Crippen molar-refractivity contribution in [2.75, 3.05) is 0 Å². The quantitative estimate of drug-likeness (QED) is 0.438. The lowest BCUT2D eigenvalue weighted by atomic mass is 9.96. The van der Waals surface area contributed by atoms with Gasteiger partial charge in [0.1, 0.15) is 5.82 Å². The first-order valence-electron chi connectivity index (χ1n) is 10.7. The van der Waals surface area contributed by atoms with Crippen LogP contribution in [0.25, 0.3) is 28.7 Å². The molecular weight excluding hydrogens is 423 g/mol. The predicted octanol–water partition coefficient (Wildman–Crippen LogP) is 4.67. The Morgan fingerprint density at radius 3 is 2.27 bits per heavy atom. The average molecular weight is 451 g/mol. The number of nitrogens with zero attached hydrogens (tertiary/aromatic N) is 2. The Kier molecular flexibility index (Phi) is 8.03. The Morgan fingerprint density at radius 2 is 1.67 bits per heavy atom. The fourth-order valence-corrected chi connectivity index (χ4v) is 3.48. The molecule has 0 radical (unpaired) electrons. The maximum absolute atomic E-state index is 13.6. The van der Waals surface area contributed by atoms with Gasteiger partial charge in [-0.3, -0.25) is 4.79 Å². The highest BCUT2D eigenvalue weighted by Gasteiger charge is 2.19. The minimum atomic E-state index is -1.17. The standard InChI is InChI=1S/C26H27FN2O4/c1-16(2)24-22(13-12-20(30)14-21(31)15-23(32)33)25(17-8-10-19(27)11-9-17)29-26(28-24)18-6-4-3-5-7-18/h3-13,16,20-21,30-31H,14-15H2,1-2H3,(H,32,33)/b13-12+/t20-,21?/m1/s1. The van der Waals surface area contributed by atoms with E-state index >= 15 is 0 Å². The van der Waals surface area contributed by atoms with E-state index < -0.39 is 24.6 Å². The normalized spacial score (nSPS) is 13.4. The number of halogens is 1. The summed E-state index contributed by atoms with van der Waals surface area (Å²) in [5, 5.41) is 28.9. The third-order valence-corrected chi connectivity index (χ3v) is 5.08. The Hall–Kier alpha value is -3.42. The molecule has 0 aliphatic rings. The molecule has 1 unspecified atom stereocenters. The molecule has 0 fully saturated rings. The van der Waals surface area contributed by atoms with Crippen LogP contribution < -0.4 is 0 Å². The summed E-state index contributed by atoms with van der Waals surface area (Å²) in [5.41, 5.74) is 3.54. The van der Waals surface area contributed by atoms with Crippen LogP contribution in [-0.4, -0.2) is 43.5 Å². The van der Waals surface area contributed by atoms with Gasteiger partial charge in [0.25, 0.3) is 0 Å². The highest BCUT2D eigenvalue weighted by Crippen LogP contribution is 2.32. The van der Waals surface area contributed by atoms with E-state index in [9.17, 15) is 19.4 Å². The number of hydrogen-bond acceptors (Lipinski definition) is 5. The number of aliphatic hydroxyl groups excluding tert-OH is 2. The number of aliphatic carboxylic acids is 1. The summed E-state index contributed by atoms with van der Waals surface area (Å²) >= 11 is 0. The Bertz CT molecular complexity index is 1120. The van der Waals surface area contributed by atoms with Gasteiger partial charge in [0.15, 0.2) is 5.82 Å². The van der Waals surface area contributed by atoms with Gasteiger partial charge in [-0.05, 0) is 30.2 Å². The monoisotopic (exact) mass is 450 g/mol. The molecule has 0 aliphatic carbocycles. The van der Waals surface area contributed by atoms with Gasteiger partial charge in [0, 0.05) is 23.1 Å². The fraction of sp³-hybridized carbons (Fsp3) is 0.269. The van der Waals surface area contributed by atoms with E-state index in [1.165, 1.54) is 18.2 Å². The lowest BCUT2D eigenvalue weighted by molar-refractivity contribution is -0.139. The Balaban J connectivity index is 2.08. The molecule has 2 aromatic carbocycles. The maximum Gasteiger partial charge on any atom is 0.305 e. The highest BCUT2D eigenvalue weighted by molar-refractivity contribution is 5.76. The number of aromatic nitrogens is 2. The third kappa shape index (κ3) is 6.54. The summed E-state index contributed by atoms with van der Waals surface area (Å²) < 4.78 is 13.6. The minimum absolute atomic E-state index is 0.0176. The summed E-state index contributed by atoms with van der Waals surface area (Å²) in [6.45, 7) is 3.99. The van der Waals surface area contributed by atoms with E-state index in [2.05, 4.69) is 0 Å². The van der Waals surface area contributed by atoms with Crippen molar-refractivity contribution >= 4 is 12.0 Å². The summed E-state index contributed by atoms with van der Waals surface area (Å²) in [6, 6.07) is 15.5. The van der Waals surface area contributed by atoms with Gasteiger partial charge in [-0.15, -0.1) is 0 Å². The van der Waals surface area contributed by atoms with Gasteiger partial charge in [-0.25, -0.2) is 14.4 Å². The lowest BCUT2D eigenvalue weighted by Gasteiger charge is -2.17. The molecule has 0 aliphatic heterocycles. The first-order chi connectivity index (χ1) is 15.7. The topological polar surface area (TPSA) is 104 Å². The summed E-state index contributed by atoms with van der Waals surface area (Å²) in [6.07, 6.45) is 0.382. The first kappa shape index (κ1) is 24.2. The number of benzene rings is 2. The second-order valence-corrected chi connectivity index (χ2v) is 8.14. The van der Waals surface area contributed by atoms with Crippen molar-refractivity contribution in [1.29, 1.82) is 0 Å². The van der Waals surface area contributed by atoms with Gasteiger partial charge >= 0.3 is 5.97 Å². The molecule has 0 saturated carbocycles. The van der Waals surface area contributed by atoms with Gasteiger partial charge in [0.05, 0.1) is 30.0 Å². The number of carboxylic acid groups (broad SMARTS) is 1. The molecule has 3 aromatic rings. The third-order valence-electron chi connectivity index (χ3n) is 5.08. The summed E-state index contributed by atoms with van der Waals surface area (Å²) in [4.78, 5) is 20.3. The van der Waals surface area contributed by atoms with Crippen molar-refractivity contribution < 1.29 is 24.5 Å². The molecular formula is C26H27FN2O4. The van der Waals surface area contributed by atoms with E-state index in [0.29, 0.717) is 22.6 Å². The summed E-state index contributed by atoms with van der Waals surface area (Å²) in [5.74, 6) is -0.943. The zero-order valence-electron chi connectivity index (χ0n) is 18.5. The molecule has 0 bridgehead atoms. The first-order valence-corrected chi connectivity index (χ1v) is 10.7. The smallest absolute Gasteiger partial charge is 0.305 e. The molecule has 6 nitrogen and oxygen atoms in total. The van der Waals surface area contributed by atoms with Crippen LogP contribution in [-0.2, 0) is 4.79 Å². The van der Waals surface area contributed by atoms with Crippen molar-refractivity contribution in [3.05, 3.63) is 77.7 Å². The molecule has 2 atom stereocenters. The molecule has 1 aromatic heterocycles. The van der Waals surface area contributed by atoms with E-state index in [0.717, 1.165) is 11.3 Å². The highest BCUT2D eigenvalue weighted by atomic mass is 19.1. The van der Waals surface area contributed by atoms with Crippen LogP contribution >= 0.6 is 0 Å². The number of aliphatic hydroxyl groups is 2. The molecule has 33 heavy (non-hydrogen) atoms. The van der Waals surface area contributed by atoms with Crippen molar-refractivity contribution in [2.24, 2.45) is 0 Å². The van der Waals surface area contributed by atoms with E-state index in [1.54, 1.807) is 18.2 Å². The second kappa shape index (κ2) is 10.9. The van der Waals surface area contributed by atoms with Crippen molar-refractivity contribution in [3.63, 3.8) is 0 Å². The van der Waals surface area contributed by atoms with Gasteiger partial charge in [-0.2, -0.15) is 0 Å². The van der Waals surface area contributed by atoms with Crippen LogP contribution in [0.5, 0.6) is 0 Å². The number of carboxylic acids is 1. The van der Waals surface area contributed by atoms with Gasteiger partial charge in [-0.1, -0.05) is 56.3 Å². The molecule has 172 valence electrons. The number of hydrogen-bond donors (Lipinski definition) is 3. The molecule has 0 spiro atoms. The molecule has 1 heterocycles. The van der Waals surface area contributed by atoms with Gasteiger partial charge < -0.3 is 15.3 Å². The largest absolute Gasteiger partial charge is 0.481 e. The summed E-state index contributed by atoms with van der Waals surface area (Å²) in [7, 11) is 0. The zero-order valence-corrected chi connectivity index (χ0v) is 18.5. The molecule has 0 saturated heterocycles. The van der Waals surface area contributed by atoms with Crippen LogP contribution in [0.15, 0.2) is 60.7 Å². The Morgan fingerprint density at radius 1 is 1.00 bits per heavy atom. The van der Waals surface area contributed by atoms with Crippen molar-refractivity contribution in [1.82, 2.24) is 9.97 Å². The fourth-order valence-electron chi connectivity index (χ4n) is 3.48. The Labute approximate surface area is 192 Å². The molecule has 3 N–H and O–H groups in total. The molecule has 3 rings (SSSR count). The zero-order chi connectivity index (χ0) is 24.0. The van der Waals surface area contributed by atoms with Crippen molar-refractivity contribution in [3.8, 4) is 22.6 Å². The van der Waals surface area contributed by atoms with Crippen LogP contribution in [0.1, 0.15) is 43.9 Å². The number of rotatable bonds is 9. The number of carbonyl (C=O) groups is 1. The second-order valence-electron chi connectivity index (χ2n) is 8.14. The average Bonchev–Trinajstić information content (AvgIpc) is 2.77. The van der Waals surface area contributed by atoms with Crippen LogP contribution in [0.4, 0.5) is 4.39 Å². The predicted molar refractivity (Wildman–Crippen MR) is 125 cm³/mol. The van der Waals surface area contributed by atoms with Crippen molar-refractivity contribution in [2.45, 2.75) is 44.8 Å². The minimum Gasteiger partial charge on any atom is -0.481 e. The molecule has 7 heteroatoms. The molecule has 0 amide bonds. The SMILES string of the molecule is CC(C)c1nc(-c2ccccc2)nc(-c2ccc(F)cc2)c1/C=C/[C@@H](O)CC(O)CC(=O)O. The van der Waals surface area contributed by atoms with Crippen LogP contribution in [0.2, 0.25) is 0 Å².